The fraction of sp³-hybridized carbons (Fsp3) is 0.412. The number of hydrogen-bond acceptors (Lipinski definition) is 4. The third-order valence-electron chi connectivity index (χ3n) is 4.05. The van der Waals surface area contributed by atoms with Crippen LogP contribution < -0.4 is 10.1 Å². The minimum atomic E-state index is -0.0248. The first-order valence-corrected chi connectivity index (χ1v) is 8.65. The van der Waals surface area contributed by atoms with Crippen molar-refractivity contribution in [2.75, 3.05) is 13.7 Å². The molecule has 2 heterocycles. The number of nitrogens with zero attached hydrogens (tertiary/aromatic N) is 2. The van der Waals surface area contributed by atoms with E-state index in [-0.39, 0.29) is 12.1 Å². The molecular formula is C17H21N3O2S. The number of methoxy groups -OCH3 is 1. The molecule has 0 spiro atoms. The average Bonchev–Trinajstić information content (AvgIpc) is 3.21. The number of aryl methyl sites for hydroxylation is 1. The van der Waals surface area contributed by atoms with Crippen LogP contribution in [0, 0.1) is 6.92 Å². The van der Waals surface area contributed by atoms with Crippen molar-refractivity contribution < 1.29 is 9.53 Å². The van der Waals surface area contributed by atoms with E-state index in [1.54, 1.807) is 18.4 Å². The fourth-order valence-corrected chi connectivity index (χ4v) is 3.65. The van der Waals surface area contributed by atoms with Gasteiger partial charge in [-0.1, -0.05) is 12.1 Å². The van der Waals surface area contributed by atoms with E-state index in [2.05, 4.69) is 16.4 Å². The van der Waals surface area contributed by atoms with Gasteiger partial charge in [-0.15, -0.1) is 11.3 Å². The Labute approximate surface area is 140 Å². The Bertz CT molecular complexity index is 686. The molecule has 1 aromatic carbocycles. The lowest BCUT2D eigenvalue weighted by atomic mass is 10.0. The standard InChI is InChI=1S/C17H21N3O2S/c1-12-11-23-16(19-12)10-18-17(21)20-8-4-7-15(20)13-5-3-6-14(9-13)22-2/h3,5-6,9,11,15H,4,7-8,10H2,1-2H3,(H,18,21). The molecule has 2 amide bonds. The number of nitrogens with one attached hydrogen (secondary N) is 1. The number of amides is 2. The van der Waals surface area contributed by atoms with Crippen LogP contribution in [0.3, 0.4) is 0 Å². The number of benzene rings is 1. The van der Waals surface area contributed by atoms with E-state index in [0.717, 1.165) is 41.4 Å². The summed E-state index contributed by atoms with van der Waals surface area (Å²) in [6.45, 7) is 3.23. The smallest absolute Gasteiger partial charge is 0.318 e. The lowest BCUT2D eigenvalue weighted by Crippen LogP contribution is -2.39. The van der Waals surface area contributed by atoms with Crippen LogP contribution in [-0.4, -0.2) is 29.6 Å². The maximum Gasteiger partial charge on any atom is 0.318 e. The molecule has 23 heavy (non-hydrogen) atoms. The fourth-order valence-electron chi connectivity index (χ4n) is 2.94. The van der Waals surface area contributed by atoms with Gasteiger partial charge in [-0.25, -0.2) is 9.78 Å². The summed E-state index contributed by atoms with van der Waals surface area (Å²) in [4.78, 5) is 18.8. The van der Waals surface area contributed by atoms with E-state index in [4.69, 9.17) is 4.74 Å². The number of urea groups is 1. The predicted octanol–water partition coefficient (Wildman–Crippen LogP) is 3.51. The number of ether oxygens (including phenoxy) is 1. The maximum atomic E-state index is 12.5. The van der Waals surface area contributed by atoms with Crippen molar-refractivity contribution in [3.05, 3.63) is 45.9 Å². The van der Waals surface area contributed by atoms with Gasteiger partial charge < -0.3 is 15.0 Å². The zero-order chi connectivity index (χ0) is 16.2. The topological polar surface area (TPSA) is 54.5 Å². The number of rotatable bonds is 4. The number of carbonyl (C=O) groups excluding carboxylic acids is 1. The van der Waals surface area contributed by atoms with Crippen molar-refractivity contribution in [2.24, 2.45) is 0 Å². The highest BCUT2D eigenvalue weighted by Crippen LogP contribution is 2.33. The Hall–Kier alpha value is -2.08. The number of likely N-dealkylation sites (tertiary alicyclic amines) is 1. The molecule has 1 fully saturated rings. The van der Waals surface area contributed by atoms with E-state index in [0.29, 0.717) is 6.54 Å². The van der Waals surface area contributed by atoms with Gasteiger partial charge in [0, 0.05) is 17.6 Å². The minimum absolute atomic E-state index is 0.0248. The zero-order valence-corrected chi connectivity index (χ0v) is 14.2. The Balaban J connectivity index is 1.66. The normalized spacial score (nSPS) is 17.3. The van der Waals surface area contributed by atoms with Crippen LogP contribution in [0.2, 0.25) is 0 Å². The molecule has 1 unspecified atom stereocenters. The SMILES string of the molecule is COc1cccc(C2CCCN2C(=O)NCc2nc(C)cs2)c1. The van der Waals surface area contributed by atoms with Gasteiger partial charge in [-0.2, -0.15) is 0 Å². The van der Waals surface area contributed by atoms with Gasteiger partial charge in [0.15, 0.2) is 0 Å². The first-order valence-electron chi connectivity index (χ1n) is 7.77. The Morgan fingerprint density at radius 2 is 2.39 bits per heavy atom. The average molecular weight is 331 g/mol. The second-order valence-corrected chi connectivity index (χ2v) is 6.61. The van der Waals surface area contributed by atoms with Crippen LogP contribution in [0.4, 0.5) is 4.79 Å². The van der Waals surface area contributed by atoms with Crippen LogP contribution in [0.15, 0.2) is 29.6 Å². The van der Waals surface area contributed by atoms with Gasteiger partial charge in [0.05, 0.1) is 19.7 Å². The second kappa shape index (κ2) is 7.00. The molecule has 1 aliphatic heterocycles. The number of hydrogen-bond donors (Lipinski definition) is 1. The van der Waals surface area contributed by atoms with Gasteiger partial charge in [-0.05, 0) is 37.5 Å². The largest absolute Gasteiger partial charge is 0.497 e. The third-order valence-corrected chi connectivity index (χ3v) is 5.02. The summed E-state index contributed by atoms with van der Waals surface area (Å²) in [6, 6.07) is 8.06. The first-order chi connectivity index (χ1) is 11.2. The molecule has 5 nitrogen and oxygen atoms in total. The van der Waals surface area contributed by atoms with E-state index in [1.165, 1.54) is 0 Å². The van der Waals surface area contributed by atoms with E-state index in [9.17, 15) is 4.79 Å². The van der Waals surface area contributed by atoms with Crippen molar-refractivity contribution in [1.82, 2.24) is 15.2 Å². The third kappa shape index (κ3) is 3.64. The van der Waals surface area contributed by atoms with Crippen molar-refractivity contribution in [1.29, 1.82) is 0 Å². The summed E-state index contributed by atoms with van der Waals surface area (Å²) in [5, 5.41) is 5.92. The summed E-state index contributed by atoms with van der Waals surface area (Å²) in [6.07, 6.45) is 2.00. The van der Waals surface area contributed by atoms with E-state index >= 15 is 0 Å². The number of aromatic nitrogens is 1. The zero-order valence-electron chi connectivity index (χ0n) is 13.4. The van der Waals surface area contributed by atoms with Crippen LogP contribution in [0.5, 0.6) is 5.75 Å². The predicted molar refractivity (Wildman–Crippen MR) is 90.8 cm³/mol. The van der Waals surface area contributed by atoms with Crippen molar-refractivity contribution in [3.63, 3.8) is 0 Å². The highest BCUT2D eigenvalue weighted by atomic mass is 32.1. The summed E-state index contributed by atoms with van der Waals surface area (Å²) >= 11 is 1.58. The van der Waals surface area contributed by atoms with E-state index < -0.39 is 0 Å². The first kappa shape index (κ1) is 15.8. The molecule has 122 valence electrons. The minimum Gasteiger partial charge on any atom is -0.497 e. The monoisotopic (exact) mass is 331 g/mol. The molecule has 1 aliphatic rings. The van der Waals surface area contributed by atoms with Gasteiger partial charge in [0.2, 0.25) is 0 Å². The lowest BCUT2D eigenvalue weighted by molar-refractivity contribution is 0.192. The Morgan fingerprint density at radius 3 is 3.13 bits per heavy atom. The highest BCUT2D eigenvalue weighted by Gasteiger charge is 2.30. The molecule has 0 saturated carbocycles. The van der Waals surface area contributed by atoms with Crippen molar-refractivity contribution in [3.8, 4) is 5.75 Å². The molecule has 0 bridgehead atoms. The van der Waals surface area contributed by atoms with Crippen LogP contribution >= 0.6 is 11.3 Å². The Morgan fingerprint density at radius 1 is 1.52 bits per heavy atom. The number of carbonyl (C=O) groups is 1. The molecule has 1 atom stereocenters. The van der Waals surface area contributed by atoms with Gasteiger partial charge in [-0.3, -0.25) is 0 Å². The molecule has 6 heteroatoms. The second-order valence-electron chi connectivity index (χ2n) is 5.67. The highest BCUT2D eigenvalue weighted by molar-refractivity contribution is 7.09. The van der Waals surface area contributed by atoms with Crippen molar-refractivity contribution in [2.45, 2.75) is 32.4 Å². The summed E-state index contributed by atoms with van der Waals surface area (Å²) < 4.78 is 5.29. The summed E-state index contributed by atoms with van der Waals surface area (Å²) in [5.41, 5.74) is 2.12. The molecule has 2 aromatic rings. The van der Waals surface area contributed by atoms with Gasteiger partial charge >= 0.3 is 6.03 Å². The molecule has 3 rings (SSSR count). The van der Waals surface area contributed by atoms with Crippen LogP contribution in [0.1, 0.15) is 35.1 Å². The lowest BCUT2D eigenvalue weighted by Gasteiger charge is -2.25. The molecule has 0 aliphatic carbocycles. The van der Waals surface area contributed by atoms with Gasteiger partial charge in [0.1, 0.15) is 10.8 Å². The quantitative estimate of drug-likeness (QED) is 0.933. The maximum absolute atomic E-state index is 12.5. The molecule has 1 saturated heterocycles. The molecular weight excluding hydrogens is 310 g/mol. The summed E-state index contributed by atoms with van der Waals surface area (Å²) in [7, 11) is 1.66. The summed E-state index contributed by atoms with van der Waals surface area (Å²) in [5.74, 6) is 0.827. The van der Waals surface area contributed by atoms with E-state index in [1.807, 2.05) is 35.4 Å². The van der Waals surface area contributed by atoms with Crippen molar-refractivity contribution >= 4 is 17.4 Å². The number of thiazole rings is 1. The molecule has 1 N–H and O–H groups in total. The molecule has 0 radical (unpaired) electrons. The Kier molecular flexibility index (Phi) is 4.81. The molecule has 1 aromatic heterocycles. The van der Waals surface area contributed by atoms with Gasteiger partial charge in [0.25, 0.3) is 0 Å². The van der Waals surface area contributed by atoms with Crippen LogP contribution in [0.25, 0.3) is 0 Å². The van der Waals surface area contributed by atoms with Crippen LogP contribution in [-0.2, 0) is 6.54 Å².